The van der Waals surface area contributed by atoms with Crippen LogP contribution >= 0.6 is 0 Å². The number of aryl methyl sites for hydroxylation is 2. The molecule has 0 atom stereocenters. The molecular formula is C23H24N4O2. The van der Waals surface area contributed by atoms with Gasteiger partial charge in [0.15, 0.2) is 11.5 Å². The minimum atomic E-state index is -0.301. The Morgan fingerprint density at radius 3 is 2.52 bits per heavy atom. The van der Waals surface area contributed by atoms with Gasteiger partial charge in [-0.3, -0.25) is 9.59 Å². The Morgan fingerprint density at radius 2 is 1.76 bits per heavy atom. The van der Waals surface area contributed by atoms with Crippen molar-refractivity contribution < 1.29 is 9.59 Å². The molecule has 0 radical (unpaired) electrons. The van der Waals surface area contributed by atoms with E-state index in [0.29, 0.717) is 17.9 Å². The van der Waals surface area contributed by atoms with Crippen LogP contribution in [0.1, 0.15) is 50.8 Å². The van der Waals surface area contributed by atoms with Crippen LogP contribution in [-0.2, 0) is 13.0 Å². The number of carbonyl (C=O) groups excluding carboxylic acids is 2. The highest BCUT2D eigenvalue weighted by Gasteiger charge is 2.27. The summed E-state index contributed by atoms with van der Waals surface area (Å²) in [6.07, 6.45) is 2.68. The molecule has 0 aliphatic carbocycles. The van der Waals surface area contributed by atoms with Gasteiger partial charge in [0.05, 0.1) is 5.69 Å². The van der Waals surface area contributed by atoms with Gasteiger partial charge in [0, 0.05) is 17.9 Å². The van der Waals surface area contributed by atoms with Crippen molar-refractivity contribution in [3.63, 3.8) is 0 Å². The third-order valence-corrected chi connectivity index (χ3v) is 5.20. The van der Waals surface area contributed by atoms with Gasteiger partial charge in [0.1, 0.15) is 0 Å². The number of para-hydroxylation sites is 1. The molecule has 1 aromatic heterocycles. The number of nitrogens with one attached hydrogen (secondary N) is 2. The van der Waals surface area contributed by atoms with Crippen molar-refractivity contribution in [2.75, 3.05) is 10.6 Å². The molecule has 0 bridgehead atoms. The third-order valence-electron chi connectivity index (χ3n) is 5.20. The molecule has 2 amide bonds. The zero-order valence-electron chi connectivity index (χ0n) is 16.7. The number of imidazole rings is 1. The first-order valence-corrected chi connectivity index (χ1v) is 9.87. The van der Waals surface area contributed by atoms with Gasteiger partial charge >= 0.3 is 0 Å². The van der Waals surface area contributed by atoms with E-state index in [-0.39, 0.29) is 17.6 Å². The first-order chi connectivity index (χ1) is 14.0. The van der Waals surface area contributed by atoms with Crippen LogP contribution in [0, 0.1) is 13.8 Å². The molecule has 2 heterocycles. The van der Waals surface area contributed by atoms with Gasteiger partial charge < -0.3 is 15.2 Å². The molecule has 148 valence electrons. The number of benzene rings is 2. The highest BCUT2D eigenvalue weighted by molar-refractivity contribution is 6.07. The maximum absolute atomic E-state index is 13.0. The van der Waals surface area contributed by atoms with Gasteiger partial charge in [-0.15, -0.1) is 0 Å². The summed E-state index contributed by atoms with van der Waals surface area (Å²) in [6.45, 7) is 4.67. The number of fused-ring (bicyclic) bond motifs is 1. The third kappa shape index (κ3) is 3.92. The van der Waals surface area contributed by atoms with E-state index in [1.807, 2.05) is 66.9 Å². The van der Waals surface area contributed by atoms with Crippen molar-refractivity contribution >= 4 is 23.2 Å². The number of aromatic nitrogens is 2. The van der Waals surface area contributed by atoms with Crippen LogP contribution in [-0.4, -0.2) is 21.4 Å². The second-order valence-electron chi connectivity index (χ2n) is 7.43. The molecule has 0 unspecified atom stereocenters. The molecule has 1 aliphatic rings. The number of rotatable bonds is 4. The Bertz CT molecular complexity index is 1070. The Kier molecular flexibility index (Phi) is 5.16. The van der Waals surface area contributed by atoms with Crippen LogP contribution in [0.25, 0.3) is 0 Å². The summed E-state index contributed by atoms with van der Waals surface area (Å²) in [4.78, 5) is 30.3. The summed E-state index contributed by atoms with van der Waals surface area (Å²) in [5.41, 5.74) is 4.76. The molecule has 0 saturated carbocycles. The second kappa shape index (κ2) is 7.91. The van der Waals surface area contributed by atoms with Gasteiger partial charge in [-0.25, -0.2) is 4.98 Å². The molecule has 3 aromatic rings. The van der Waals surface area contributed by atoms with Crippen molar-refractivity contribution in [3.05, 3.63) is 76.9 Å². The van der Waals surface area contributed by atoms with Crippen LogP contribution in [0.15, 0.2) is 48.5 Å². The zero-order chi connectivity index (χ0) is 20.4. The SMILES string of the molecule is Cc1ccc(NC(=O)c2nc(C(=O)Nc3ccccc3)n3c2CCCC3)c(C)c1. The standard InChI is InChI=1S/C23H24N4O2/c1-15-11-12-18(16(2)14-15)25-22(28)20-19-10-6-7-13-27(19)21(26-20)23(29)24-17-8-4-3-5-9-17/h3-5,8-9,11-12,14H,6-7,10,13H2,1-2H3,(H,24,29)(H,25,28). The van der Waals surface area contributed by atoms with Gasteiger partial charge in [-0.2, -0.15) is 0 Å². The highest BCUT2D eigenvalue weighted by atomic mass is 16.2. The van der Waals surface area contributed by atoms with Crippen molar-refractivity contribution in [2.24, 2.45) is 0 Å². The van der Waals surface area contributed by atoms with E-state index < -0.39 is 0 Å². The number of anilines is 2. The van der Waals surface area contributed by atoms with E-state index in [4.69, 9.17) is 0 Å². The minimum absolute atomic E-state index is 0.277. The molecule has 4 rings (SSSR count). The Morgan fingerprint density at radius 1 is 0.966 bits per heavy atom. The Labute approximate surface area is 170 Å². The quantitative estimate of drug-likeness (QED) is 0.698. The number of nitrogens with zero attached hydrogens (tertiary/aromatic N) is 2. The van der Waals surface area contributed by atoms with E-state index in [1.165, 1.54) is 0 Å². The zero-order valence-corrected chi connectivity index (χ0v) is 16.7. The second-order valence-corrected chi connectivity index (χ2v) is 7.43. The smallest absolute Gasteiger partial charge is 0.291 e. The lowest BCUT2D eigenvalue weighted by Crippen LogP contribution is -2.21. The monoisotopic (exact) mass is 388 g/mol. The molecule has 29 heavy (non-hydrogen) atoms. The summed E-state index contributed by atoms with van der Waals surface area (Å²) in [5, 5.41) is 5.83. The summed E-state index contributed by atoms with van der Waals surface area (Å²) >= 11 is 0. The average Bonchev–Trinajstić information content (AvgIpc) is 3.11. The van der Waals surface area contributed by atoms with Gasteiger partial charge in [0.25, 0.3) is 11.8 Å². The van der Waals surface area contributed by atoms with E-state index in [2.05, 4.69) is 15.6 Å². The number of carbonyl (C=O) groups is 2. The molecule has 0 fully saturated rings. The molecule has 0 saturated heterocycles. The van der Waals surface area contributed by atoms with Crippen LogP contribution < -0.4 is 10.6 Å². The molecule has 2 aromatic carbocycles. The minimum Gasteiger partial charge on any atom is -0.323 e. The summed E-state index contributed by atoms with van der Waals surface area (Å²) in [6, 6.07) is 15.1. The molecule has 6 nitrogen and oxygen atoms in total. The fraction of sp³-hybridized carbons (Fsp3) is 0.261. The van der Waals surface area contributed by atoms with Crippen LogP contribution in [0.2, 0.25) is 0 Å². The fourth-order valence-electron chi connectivity index (χ4n) is 3.74. The maximum Gasteiger partial charge on any atom is 0.291 e. The summed E-state index contributed by atoms with van der Waals surface area (Å²) < 4.78 is 1.89. The van der Waals surface area contributed by atoms with Gasteiger partial charge in [0.2, 0.25) is 0 Å². The van der Waals surface area contributed by atoms with Crippen molar-refractivity contribution in [1.29, 1.82) is 0 Å². The van der Waals surface area contributed by atoms with E-state index in [0.717, 1.165) is 41.8 Å². The molecule has 1 aliphatic heterocycles. The lowest BCUT2D eigenvalue weighted by atomic mass is 10.1. The molecule has 0 spiro atoms. The largest absolute Gasteiger partial charge is 0.323 e. The number of hydrogen-bond acceptors (Lipinski definition) is 3. The highest BCUT2D eigenvalue weighted by Crippen LogP contribution is 2.24. The normalized spacial score (nSPS) is 12.9. The first kappa shape index (κ1) is 18.9. The Hall–Kier alpha value is -3.41. The van der Waals surface area contributed by atoms with Crippen LogP contribution in [0.5, 0.6) is 0 Å². The van der Waals surface area contributed by atoms with E-state index >= 15 is 0 Å². The molecule has 6 heteroatoms. The van der Waals surface area contributed by atoms with Crippen molar-refractivity contribution in [2.45, 2.75) is 39.7 Å². The van der Waals surface area contributed by atoms with Crippen molar-refractivity contribution in [1.82, 2.24) is 9.55 Å². The Balaban J connectivity index is 1.63. The van der Waals surface area contributed by atoms with E-state index in [9.17, 15) is 9.59 Å². The van der Waals surface area contributed by atoms with E-state index in [1.54, 1.807) is 0 Å². The van der Waals surface area contributed by atoms with Gasteiger partial charge in [-0.1, -0.05) is 35.9 Å². The topological polar surface area (TPSA) is 76.0 Å². The predicted octanol–water partition coefficient (Wildman–Crippen LogP) is 4.34. The van der Waals surface area contributed by atoms with Crippen molar-refractivity contribution in [3.8, 4) is 0 Å². The maximum atomic E-state index is 13.0. The molecule has 2 N–H and O–H groups in total. The molecular weight excluding hydrogens is 364 g/mol. The van der Waals surface area contributed by atoms with Crippen LogP contribution in [0.4, 0.5) is 11.4 Å². The lowest BCUT2D eigenvalue weighted by Gasteiger charge is -2.17. The average molecular weight is 388 g/mol. The fourth-order valence-corrected chi connectivity index (χ4v) is 3.74. The van der Waals surface area contributed by atoms with Gasteiger partial charge in [-0.05, 0) is 56.9 Å². The number of hydrogen-bond donors (Lipinski definition) is 2. The predicted molar refractivity (Wildman–Crippen MR) is 113 cm³/mol. The summed E-state index contributed by atoms with van der Waals surface area (Å²) in [7, 11) is 0. The first-order valence-electron chi connectivity index (χ1n) is 9.87. The lowest BCUT2D eigenvalue weighted by molar-refractivity contribution is 0.101. The summed E-state index contributed by atoms with van der Waals surface area (Å²) in [5.74, 6) is -0.291. The number of amides is 2. The van der Waals surface area contributed by atoms with Crippen LogP contribution in [0.3, 0.4) is 0 Å².